The van der Waals surface area contributed by atoms with Crippen LogP contribution in [-0.2, 0) is 16.6 Å². The van der Waals surface area contributed by atoms with Crippen molar-refractivity contribution in [2.45, 2.75) is 11.4 Å². The molecule has 0 radical (unpaired) electrons. The third kappa shape index (κ3) is 4.40. The van der Waals surface area contributed by atoms with Crippen LogP contribution in [0.15, 0.2) is 77.7 Å². The Labute approximate surface area is 170 Å². The molecule has 5 nitrogen and oxygen atoms in total. The smallest absolute Gasteiger partial charge is 0.264 e. The Morgan fingerprint density at radius 1 is 0.857 bits per heavy atom. The summed E-state index contributed by atoms with van der Waals surface area (Å²) >= 11 is 5.96. The van der Waals surface area contributed by atoms with Gasteiger partial charge in [0.05, 0.1) is 31.3 Å². The molecule has 0 unspecified atom stereocenters. The maximum absolute atomic E-state index is 13.4. The second kappa shape index (κ2) is 8.54. The Morgan fingerprint density at radius 2 is 1.50 bits per heavy atom. The van der Waals surface area contributed by atoms with E-state index in [1.165, 1.54) is 23.5 Å². The third-order valence-electron chi connectivity index (χ3n) is 4.23. The van der Waals surface area contributed by atoms with Crippen LogP contribution in [-0.4, -0.2) is 22.6 Å². The van der Waals surface area contributed by atoms with Crippen LogP contribution in [0.3, 0.4) is 0 Å². The molecular formula is C21H20ClNO4S. The molecule has 0 amide bonds. The van der Waals surface area contributed by atoms with E-state index in [-0.39, 0.29) is 11.4 Å². The molecule has 3 aromatic rings. The Kier molecular flexibility index (Phi) is 6.11. The molecule has 0 saturated heterocycles. The zero-order valence-corrected chi connectivity index (χ0v) is 17.1. The van der Waals surface area contributed by atoms with Crippen LogP contribution in [0.2, 0.25) is 5.02 Å². The maximum atomic E-state index is 13.4. The van der Waals surface area contributed by atoms with Gasteiger partial charge in [-0.25, -0.2) is 8.42 Å². The van der Waals surface area contributed by atoms with Gasteiger partial charge >= 0.3 is 0 Å². The molecule has 0 fully saturated rings. The van der Waals surface area contributed by atoms with E-state index in [4.69, 9.17) is 21.1 Å². The summed E-state index contributed by atoms with van der Waals surface area (Å²) in [7, 11) is -0.747. The minimum absolute atomic E-state index is 0.151. The lowest BCUT2D eigenvalue weighted by Gasteiger charge is -2.25. The third-order valence-corrected chi connectivity index (χ3v) is 6.27. The van der Waals surface area contributed by atoms with Crippen LogP contribution in [0, 0.1) is 0 Å². The van der Waals surface area contributed by atoms with Gasteiger partial charge in [0.2, 0.25) is 0 Å². The van der Waals surface area contributed by atoms with Crippen LogP contribution in [0.4, 0.5) is 5.69 Å². The summed E-state index contributed by atoms with van der Waals surface area (Å²) in [5.74, 6) is 1.16. The maximum Gasteiger partial charge on any atom is 0.264 e. The van der Waals surface area contributed by atoms with Gasteiger partial charge in [0.1, 0.15) is 11.5 Å². The lowest BCUT2D eigenvalue weighted by Crippen LogP contribution is -2.30. The first-order valence-electron chi connectivity index (χ1n) is 8.49. The summed E-state index contributed by atoms with van der Waals surface area (Å²) in [6, 6.07) is 20.3. The molecule has 0 saturated carbocycles. The van der Waals surface area contributed by atoms with Crippen molar-refractivity contribution in [2.75, 3.05) is 18.5 Å². The van der Waals surface area contributed by atoms with E-state index in [9.17, 15) is 8.42 Å². The van der Waals surface area contributed by atoms with E-state index in [0.717, 1.165) is 5.56 Å². The highest BCUT2D eigenvalue weighted by molar-refractivity contribution is 7.92. The van der Waals surface area contributed by atoms with Crippen LogP contribution in [0.5, 0.6) is 11.5 Å². The predicted molar refractivity (Wildman–Crippen MR) is 111 cm³/mol. The van der Waals surface area contributed by atoms with Crippen molar-refractivity contribution >= 4 is 27.3 Å². The number of hydrogen-bond donors (Lipinski definition) is 0. The van der Waals surface area contributed by atoms with Gasteiger partial charge in [-0.05, 0) is 54.1 Å². The molecule has 0 bridgehead atoms. The van der Waals surface area contributed by atoms with Gasteiger partial charge in [-0.15, -0.1) is 0 Å². The number of methoxy groups -OCH3 is 2. The summed E-state index contributed by atoms with van der Waals surface area (Å²) < 4.78 is 38.6. The van der Waals surface area contributed by atoms with E-state index in [2.05, 4.69) is 0 Å². The lowest BCUT2D eigenvalue weighted by molar-refractivity contribution is 0.414. The van der Waals surface area contributed by atoms with Gasteiger partial charge in [0.25, 0.3) is 10.0 Å². The highest BCUT2D eigenvalue weighted by atomic mass is 35.5. The fourth-order valence-corrected chi connectivity index (χ4v) is 4.28. The highest BCUT2D eigenvalue weighted by Crippen LogP contribution is 2.29. The van der Waals surface area contributed by atoms with E-state index >= 15 is 0 Å². The Bertz CT molecular complexity index is 1030. The van der Waals surface area contributed by atoms with Gasteiger partial charge in [0, 0.05) is 11.1 Å². The number of nitrogens with zero attached hydrogens (tertiary/aromatic N) is 1. The number of benzene rings is 3. The first-order chi connectivity index (χ1) is 13.4. The SMILES string of the molecule is COc1ccc(S(=O)(=O)N(Cc2ccc(Cl)cc2)c2cccc(OC)c2)cc1. The zero-order valence-electron chi connectivity index (χ0n) is 15.5. The topological polar surface area (TPSA) is 55.8 Å². The summed E-state index contributed by atoms with van der Waals surface area (Å²) in [6.07, 6.45) is 0. The molecule has 0 aliphatic heterocycles. The van der Waals surface area contributed by atoms with Crippen molar-refractivity contribution in [2.24, 2.45) is 0 Å². The Hall–Kier alpha value is -2.70. The molecular weight excluding hydrogens is 398 g/mol. The number of sulfonamides is 1. The number of hydrogen-bond acceptors (Lipinski definition) is 4. The molecule has 0 atom stereocenters. The van der Waals surface area contributed by atoms with Crippen molar-refractivity contribution < 1.29 is 17.9 Å². The molecule has 7 heteroatoms. The number of ether oxygens (including phenoxy) is 2. The average Bonchev–Trinajstić information content (AvgIpc) is 2.73. The first-order valence-corrected chi connectivity index (χ1v) is 10.3. The van der Waals surface area contributed by atoms with Crippen molar-refractivity contribution in [3.05, 3.63) is 83.4 Å². The van der Waals surface area contributed by atoms with Crippen molar-refractivity contribution in [3.63, 3.8) is 0 Å². The lowest BCUT2D eigenvalue weighted by atomic mass is 10.2. The summed E-state index contributed by atoms with van der Waals surface area (Å²) in [4.78, 5) is 0.171. The second-order valence-corrected chi connectivity index (χ2v) is 8.31. The molecule has 3 aromatic carbocycles. The van der Waals surface area contributed by atoms with Gasteiger partial charge in [0.15, 0.2) is 0 Å². The number of anilines is 1. The second-order valence-electron chi connectivity index (χ2n) is 6.02. The van der Waals surface area contributed by atoms with Gasteiger partial charge < -0.3 is 9.47 Å². The Balaban J connectivity index is 2.06. The predicted octanol–water partition coefficient (Wildman–Crippen LogP) is 4.75. The Morgan fingerprint density at radius 3 is 2.11 bits per heavy atom. The van der Waals surface area contributed by atoms with E-state index in [1.807, 2.05) is 0 Å². The molecule has 3 rings (SSSR count). The number of halogens is 1. The monoisotopic (exact) mass is 417 g/mol. The van der Waals surface area contributed by atoms with Crippen LogP contribution in [0.25, 0.3) is 0 Å². The van der Waals surface area contributed by atoms with Crippen LogP contribution < -0.4 is 13.8 Å². The average molecular weight is 418 g/mol. The molecule has 0 spiro atoms. The van der Waals surface area contributed by atoms with Crippen LogP contribution >= 0.6 is 11.6 Å². The largest absolute Gasteiger partial charge is 0.497 e. The highest BCUT2D eigenvalue weighted by Gasteiger charge is 2.25. The molecule has 0 aromatic heterocycles. The van der Waals surface area contributed by atoms with Gasteiger partial charge in [-0.2, -0.15) is 0 Å². The zero-order chi connectivity index (χ0) is 20.1. The summed E-state index contributed by atoms with van der Waals surface area (Å²) in [5.41, 5.74) is 1.31. The molecule has 0 heterocycles. The number of rotatable bonds is 7. The van der Waals surface area contributed by atoms with Crippen molar-refractivity contribution in [1.29, 1.82) is 0 Å². The van der Waals surface area contributed by atoms with Crippen molar-refractivity contribution in [1.82, 2.24) is 0 Å². The molecule has 146 valence electrons. The van der Waals surface area contributed by atoms with Crippen molar-refractivity contribution in [3.8, 4) is 11.5 Å². The minimum atomic E-state index is -3.82. The van der Waals surface area contributed by atoms with Crippen LogP contribution in [0.1, 0.15) is 5.56 Å². The quantitative estimate of drug-likeness (QED) is 0.556. The van der Waals surface area contributed by atoms with Gasteiger partial charge in [-0.1, -0.05) is 29.8 Å². The summed E-state index contributed by atoms with van der Waals surface area (Å²) in [6.45, 7) is 0.151. The fraction of sp³-hybridized carbons (Fsp3) is 0.143. The first kappa shape index (κ1) is 20.0. The standard InChI is InChI=1S/C21H20ClNO4S/c1-26-19-10-12-21(13-11-19)28(24,25)23(15-16-6-8-17(22)9-7-16)18-4-3-5-20(14-18)27-2/h3-14H,15H2,1-2H3. The fourth-order valence-electron chi connectivity index (χ4n) is 2.71. The molecule has 28 heavy (non-hydrogen) atoms. The van der Waals surface area contributed by atoms with Gasteiger partial charge in [-0.3, -0.25) is 4.31 Å². The van der Waals surface area contributed by atoms with E-state index in [0.29, 0.717) is 22.2 Å². The molecule has 0 N–H and O–H groups in total. The summed E-state index contributed by atoms with van der Waals surface area (Å²) in [5, 5.41) is 0.592. The van der Waals surface area contributed by atoms with E-state index in [1.54, 1.807) is 67.8 Å². The minimum Gasteiger partial charge on any atom is -0.497 e. The molecule has 0 aliphatic rings. The van der Waals surface area contributed by atoms with E-state index < -0.39 is 10.0 Å². The molecule has 0 aliphatic carbocycles. The normalized spacial score (nSPS) is 11.1.